The number of carbonyl (C=O) groups excluding carboxylic acids is 2. The van der Waals surface area contributed by atoms with E-state index in [4.69, 9.17) is 23.2 Å². The third-order valence-corrected chi connectivity index (χ3v) is 4.81. The highest BCUT2D eigenvalue weighted by Crippen LogP contribution is 2.37. The molecule has 6 heteroatoms. The minimum Gasteiger partial charge on any atom is -0.322 e. The first-order valence-electron chi connectivity index (χ1n) is 7.64. The molecule has 3 aromatic rings. The van der Waals surface area contributed by atoms with Crippen LogP contribution in [0.25, 0.3) is 10.8 Å². The van der Waals surface area contributed by atoms with Crippen molar-refractivity contribution in [1.82, 2.24) is 0 Å². The van der Waals surface area contributed by atoms with E-state index in [2.05, 4.69) is 5.32 Å². The van der Waals surface area contributed by atoms with Crippen molar-refractivity contribution in [3.05, 3.63) is 70.2 Å². The maximum atomic E-state index is 12.7. The second-order valence-electron chi connectivity index (χ2n) is 5.72. The fourth-order valence-electron chi connectivity index (χ4n) is 3.08. The quantitative estimate of drug-likeness (QED) is 0.723. The van der Waals surface area contributed by atoms with Gasteiger partial charge in [-0.05, 0) is 29.7 Å². The van der Waals surface area contributed by atoms with E-state index in [1.165, 1.54) is 4.90 Å². The highest BCUT2D eigenvalue weighted by molar-refractivity contribution is 6.39. The Morgan fingerprint density at radius 3 is 2.32 bits per heavy atom. The van der Waals surface area contributed by atoms with Crippen LogP contribution in [0.15, 0.2) is 54.6 Å². The first-order chi connectivity index (χ1) is 12.1. The van der Waals surface area contributed by atoms with E-state index in [0.717, 1.165) is 16.5 Å². The van der Waals surface area contributed by atoms with Crippen molar-refractivity contribution in [2.45, 2.75) is 0 Å². The predicted molar refractivity (Wildman–Crippen MR) is 101 cm³/mol. The molecular formula is C19H12Cl2N2O2. The van der Waals surface area contributed by atoms with E-state index in [9.17, 15) is 9.59 Å². The Morgan fingerprint density at radius 1 is 0.960 bits per heavy atom. The van der Waals surface area contributed by atoms with Gasteiger partial charge in [0.05, 0.1) is 21.4 Å². The van der Waals surface area contributed by atoms with E-state index in [1.54, 1.807) is 24.3 Å². The molecule has 0 aromatic heterocycles. The van der Waals surface area contributed by atoms with Crippen LogP contribution >= 0.6 is 23.2 Å². The van der Waals surface area contributed by atoms with E-state index in [1.807, 2.05) is 30.3 Å². The number of carbonyl (C=O) groups is 2. The van der Waals surface area contributed by atoms with Crippen molar-refractivity contribution >= 4 is 57.2 Å². The summed E-state index contributed by atoms with van der Waals surface area (Å²) in [5, 5.41) is 5.23. The lowest BCUT2D eigenvalue weighted by Gasteiger charge is -2.18. The van der Waals surface area contributed by atoms with Crippen molar-refractivity contribution in [3.63, 3.8) is 0 Å². The Bertz CT molecular complexity index is 1010. The first kappa shape index (κ1) is 15.9. The third-order valence-electron chi connectivity index (χ3n) is 4.18. The van der Waals surface area contributed by atoms with Crippen LogP contribution in [0.1, 0.15) is 10.4 Å². The van der Waals surface area contributed by atoms with E-state index in [-0.39, 0.29) is 18.4 Å². The Balaban J connectivity index is 1.63. The van der Waals surface area contributed by atoms with Gasteiger partial charge in [-0.1, -0.05) is 53.5 Å². The van der Waals surface area contributed by atoms with Crippen LogP contribution in [-0.4, -0.2) is 18.4 Å². The fourth-order valence-corrected chi connectivity index (χ4v) is 3.57. The topological polar surface area (TPSA) is 49.4 Å². The maximum Gasteiger partial charge on any atom is 0.259 e. The van der Waals surface area contributed by atoms with Crippen LogP contribution in [0.4, 0.5) is 11.4 Å². The number of hydrogen-bond donors (Lipinski definition) is 1. The Hall–Kier alpha value is -2.56. The first-order valence-corrected chi connectivity index (χ1v) is 8.39. The smallest absolute Gasteiger partial charge is 0.259 e. The van der Waals surface area contributed by atoms with Gasteiger partial charge in [0, 0.05) is 10.9 Å². The molecule has 0 saturated heterocycles. The molecule has 25 heavy (non-hydrogen) atoms. The summed E-state index contributed by atoms with van der Waals surface area (Å²) in [6.07, 6.45) is 0. The second kappa shape index (κ2) is 6.06. The number of halogens is 2. The molecule has 0 aliphatic carbocycles. The number of para-hydroxylation sites is 1. The molecular weight excluding hydrogens is 359 g/mol. The van der Waals surface area contributed by atoms with Crippen molar-refractivity contribution in [2.75, 3.05) is 16.8 Å². The van der Waals surface area contributed by atoms with Crippen LogP contribution in [0, 0.1) is 0 Å². The maximum absolute atomic E-state index is 12.7. The highest BCUT2D eigenvalue weighted by atomic mass is 35.5. The lowest BCUT2D eigenvalue weighted by Crippen LogP contribution is -2.35. The van der Waals surface area contributed by atoms with E-state index < -0.39 is 0 Å². The lowest BCUT2D eigenvalue weighted by atomic mass is 10.1. The molecule has 0 spiro atoms. The van der Waals surface area contributed by atoms with Gasteiger partial charge in [0.25, 0.3) is 5.91 Å². The Labute approximate surface area is 153 Å². The summed E-state index contributed by atoms with van der Waals surface area (Å²) in [7, 11) is 0. The summed E-state index contributed by atoms with van der Waals surface area (Å²) in [5.41, 5.74) is 1.69. The highest BCUT2D eigenvalue weighted by Gasteiger charge is 2.31. The van der Waals surface area contributed by atoms with Crippen LogP contribution in [0.3, 0.4) is 0 Å². The monoisotopic (exact) mass is 370 g/mol. The van der Waals surface area contributed by atoms with Gasteiger partial charge in [-0.25, -0.2) is 0 Å². The number of hydrogen-bond acceptors (Lipinski definition) is 2. The zero-order chi connectivity index (χ0) is 17.6. The molecule has 0 unspecified atom stereocenters. The molecule has 1 aliphatic heterocycles. The SMILES string of the molecule is O=C(CN1C(=O)c2cccc3cccc1c23)Nc1c(Cl)cccc1Cl. The van der Waals surface area contributed by atoms with Gasteiger partial charge in [0.2, 0.25) is 5.91 Å². The average molecular weight is 371 g/mol. The lowest BCUT2D eigenvalue weighted by molar-refractivity contribution is -0.114. The molecule has 3 aromatic carbocycles. The molecule has 1 heterocycles. The molecule has 4 nitrogen and oxygen atoms in total. The summed E-state index contributed by atoms with van der Waals surface area (Å²) in [5.74, 6) is -0.555. The number of nitrogens with one attached hydrogen (secondary N) is 1. The van der Waals surface area contributed by atoms with Gasteiger partial charge in [0.1, 0.15) is 6.54 Å². The molecule has 1 aliphatic rings. The number of anilines is 2. The fraction of sp³-hybridized carbons (Fsp3) is 0.0526. The van der Waals surface area contributed by atoms with Crippen LogP contribution in [0.5, 0.6) is 0 Å². The van der Waals surface area contributed by atoms with Gasteiger partial charge in [-0.3, -0.25) is 14.5 Å². The number of nitrogens with zero attached hydrogens (tertiary/aromatic N) is 1. The molecule has 0 bridgehead atoms. The molecule has 124 valence electrons. The average Bonchev–Trinajstić information content (AvgIpc) is 2.87. The van der Waals surface area contributed by atoms with Gasteiger partial charge in [-0.2, -0.15) is 0 Å². The molecule has 4 rings (SSSR count). The molecule has 1 N–H and O–H groups in total. The molecule has 0 fully saturated rings. The van der Waals surface area contributed by atoms with Gasteiger partial charge in [-0.15, -0.1) is 0 Å². The van der Waals surface area contributed by atoms with Crippen molar-refractivity contribution in [2.24, 2.45) is 0 Å². The second-order valence-corrected chi connectivity index (χ2v) is 6.53. The summed E-state index contributed by atoms with van der Waals surface area (Å²) in [6, 6.07) is 16.2. The summed E-state index contributed by atoms with van der Waals surface area (Å²) in [4.78, 5) is 26.6. The van der Waals surface area contributed by atoms with Gasteiger partial charge in [0.15, 0.2) is 0 Å². The van der Waals surface area contributed by atoms with Crippen molar-refractivity contribution in [1.29, 1.82) is 0 Å². The van der Waals surface area contributed by atoms with Crippen LogP contribution in [0.2, 0.25) is 10.0 Å². The predicted octanol–water partition coefficient (Wildman–Crippen LogP) is 4.75. The van der Waals surface area contributed by atoms with Gasteiger partial charge >= 0.3 is 0 Å². The largest absolute Gasteiger partial charge is 0.322 e. The van der Waals surface area contributed by atoms with Crippen LogP contribution < -0.4 is 10.2 Å². The Kier molecular flexibility index (Phi) is 3.86. The molecule has 0 radical (unpaired) electrons. The number of amides is 2. The van der Waals surface area contributed by atoms with Crippen molar-refractivity contribution < 1.29 is 9.59 Å². The molecule has 0 saturated carbocycles. The van der Waals surface area contributed by atoms with Gasteiger partial charge < -0.3 is 5.32 Å². The normalized spacial score (nSPS) is 12.7. The molecule has 0 atom stereocenters. The minimum atomic E-state index is -0.367. The van der Waals surface area contributed by atoms with E-state index >= 15 is 0 Å². The van der Waals surface area contributed by atoms with E-state index in [0.29, 0.717) is 21.3 Å². The summed E-state index contributed by atoms with van der Waals surface area (Å²) < 4.78 is 0. The number of benzene rings is 3. The zero-order valence-corrected chi connectivity index (χ0v) is 14.4. The zero-order valence-electron chi connectivity index (χ0n) is 12.9. The van der Waals surface area contributed by atoms with Crippen molar-refractivity contribution in [3.8, 4) is 0 Å². The third kappa shape index (κ3) is 2.64. The molecule has 2 amide bonds. The number of rotatable bonds is 3. The minimum absolute atomic E-state index is 0.117. The van der Waals surface area contributed by atoms with Crippen LogP contribution in [-0.2, 0) is 4.79 Å². The summed E-state index contributed by atoms with van der Waals surface area (Å²) in [6.45, 7) is -0.117. The standard InChI is InChI=1S/C19H12Cl2N2O2/c20-13-7-3-8-14(21)18(13)22-16(24)10-23-15-9-2-5-11-4-1-6-12(17(11)15)19(23)25/h1-9H,10H2,(H,22,24). The Morgan fingerprint density at radius 2 is 1.60 bits per heavy atom. The summed E-state index contributed by atoms with van der Waals surface area (Å²) >= 11 is 12.2.